The summed E-state index contributed by atoms with van der Waals surface area (Å²) in [6, 6.07) is 16.8. The van der Waals surface area contributed by atoms with Gasteiger partial charge in [-0.1, -0.05) is 36.4 Å². The maximum Gasteiger partial charge on any atom is 0.143 e. The van der Waals surface area contributed by atoms with Gasteiger partial charge in [0.1, 0.15) is 5.65 Å². The largest absolute Gasteiger partial charge is 0.398 e. The molecule has 1 atom stereocenters. The van der Waals surface area contributed by atoms with Crippen LogP contribution >= 0.6 is 0 Å². The minimum atomic E-state index is 0.516. The van der Waals surface area contributed by atoms with Crippen molar-refractivity contribution >= 4 is 16.7 Å². The molecule has 1 aromatic carbocycles. The molecule has 29 heavy (non-hydrogen) atoms. The normalized spacial score (nSPS) is 16.1. The number of nitrogens with two attached hydrogens (primary N) is 1. The van der Waals surface area contributed by atoms with Crippen molar-refractivity contribution in [3.63, 3.8) is 0 Å². The molecule has 0 spiro atoms. The van der Waals surface area contributed by atoms with Crippen LogP contribution in [0.1, 0.15) is 46.1 Å². The number of anilines is 1. The van der Waals surface area contributed by atoms with Gasteiger partial charge in [-0.3, -0.25) is 4.98 Å². The number of hydrogen-bond acceptors (Lipinski definition) is 3. The van der Waals surface area contributed by atoms with Crippen LogP contribution in [0.2, 0.25) is 0 Å². The summed E-state index contributed by atoms with van der Waals surface area (Å²) in [5, 5.41) is 1.12. The molecule has 0 bridgehead atoms. The number of benzene rings is 1. The summed E-state index contributed by atoms with van der Waals surface area (Å²) in [5.74, 6) is 0.516. The van der Waals surface area contributed by atoms with Crippen molar-refractivity contribution in [2.75, 3.05) is 5.73 Å². The van der Waals surface area contributed by atoms with E-state index in [1.807, 2.05) is 18.3 Å². The van der Waals surface area contributed by atoms with Gasteiger partial charge in [0.15, 0.2) is 0 Å². The van der Waals surface area contributed by atoms with E-state index in [0.717, 1.165) is 48.2 Å². The Balaban J connectivity index is 1.61. The van der Waals surface area contributed by atoms with E-state index < -0.39 is 0 Å². The molecule has 4 aromatic rings. The lowest BCUT2D eigenvalue weighted by Gasteiger charge is -2.26. The minimum absolute atomic E-state index is 0.516. The summed E-state index contributed by atoms with van der Waals surface area (Å²) >= 11 is 0. The highest BCUT2D eigenvalue weighted by Gasteiger charge is 2.26. The summed E-state index contributed by atoms with van der Waals surface area (Å²) in [7, 11) is 0. The zero-order chi connectivity index (χ0) is 20.0. The van der Waals surface area contributed by atoms with Gasteiger partial charge in [0.25, 0.3) is 0 Å². The van der Waals surface area contributed by atoms with E-state index in [9.17, 15) is 0 Å². The molecule has 0 saturated carbocycles. The van der Waals surface area contributed by atoms with E-state index in [-0.39, 0.29) is 0 Å². The van der Waals surface area contributed by atoms with Gasteiger partial charge in [-0.2, -0.15) is 0 Å². The second kappa shape index (κ2) is 7.03. The van der Waals surface area contributed by atoms with E-state index in [1.54, 1.807) is 0 Å². The van der Waals surface area contributed by atoms with Gasteiger partial charge in [-0.25, -0.2) is 4.98 Å². The zero-order valence-corrected chi connectivity index (χ0v) is 17.0. The van der Waals surface area contributed by atoms with Crippen molar-refractivity contribution in [3.05, 3.63) is 88.5 Å². The second-order valence-electron chi connectivity index (χ2n) is 8.12. The van der Waals surface area contributed by atoms with E-state index >= 15 is 0 Å². The third-order valence-corrected chi connectivity index (χ3v) is 6.48. The first-order valence-corrected chi connectivity index (χ1v) is 10.3. The highest BCUT2D eigenvalue weighted by Crippen LogP contribution is 2.39. The molecule has 4 nitrogen and oxygen atoms in total. The van der Waals surface area contributed by atoms with Crippen molar-refractivity contribution in [1.82, 2.24) is 14.5 Å². The topological polar surface area (TPSA) is 56.7 Å². The monoisotopic (exact) mass is 382 g/mol. The van der Waals surface area contributed by atoms with E-state index in [4.69, 9.17) is 10.7 Å². The highest BCUT2D eigenvalue weighted by atomic mass is 15.1. The first kappa shape index (κ1) is 17.9. The van der Waals surface area contributed by atoms with Crippen molar-refractivity contribution in [2.45, 2.75) is 45.6 Å². The SMILES string of the molecule is Cc1c(C)n(Cc2ccccn2)c2nc3c(c(N)c12)CC(c1ccccc1)CC3. The summed E-state index contributed by atoms with van der Waals surface area (Å²) in [6.07, 6.45) is 4.91. The smallest absolute Gasteiger partial charge is 0.143 e. The fraction of sp³-hybridized carbons (Fsp3) is 0.280. The van der Waals surface area contributed by atoms with E-state index in [2.05, 4.69) is 59.8 Å². The maximum atomic E-state index is 6.79. The molecule has 3 heterocycles. The van der Waals surface area contributed by atoms with Crippen LogP contribution < -0.4 is 5.73 Å². The van der Waals surface area contributed by atoms with Gasteiger partial charge < -0.3 is 10.3 Å². The van der Waals surface area contributed by atoms with Gasteiger partial charge in [0, 0.05) is 28.7 Å². The molecule has 0 saturated heterocycles. The summed E-state index contributed by atoms with van der Waals surface area (Å²) in [5.41, 5.74) is 16.0. The number of aryl methyl sites for hydroxylation is 2. The molecule has 1 unspecified atom stereocenters. The fourth-order valence-corrected chi connectivity index (χ4v) is 4.74. The minimum Gasteiger partial charge on any atom is -0.398 e. The second-order valence-corrected chi connectivity index (χ2v) is 8.12. The van der Waals surface area contributed by atoms with E-state index in [1.165, 1.54) is 28.1 Å². The number of nitrogens with zero attached hydrogens (tertiary/aromatic N) is 3. The Morgan fingerprint density at radius 1 is 1.07 bits per heavy atom. The van der Waals surface area contributed by atoms with Crippen LogP contribution in [0.3, 0.4) is 0 Å². The number of hydrogen-bond donors (Lipinski definition) is 1. The lowest BCUT2D eigenvalue weighted by Crippen LogP contribution is -2.17. The predicted molar refractivity (Wildman–Crippen MR) is 118 cm³/mol. The molecule has 0 fully saturated rings. The van der Waals surface area contributed by atoms with Crippen LogP contribution in [-0.2, 0) is 19.4 Å². The molecular weight excluding hydrogens is 356 g/mol. The Labute approximate surface area is 171 Å². The van der Waals surface area contributed by atoms with Gasteiger partial charge in [0.05, 0.1) is 12.2 Å². The van der Waals surface area contributed by atoms with Gasteiger partial charge in [0.2, 0.25) is 0 Å². The molecule has 0 radical (unpaired) electrons. The lowest BCUT2D eigenvalue weighted by molar-refractivity contribution is 0.576. The van der Waals surface area contributed by atoms with Crippen LogP contribution in [0.4, 0.5) is 5.69 Å². The number of aromatic nitrogens is 3. The molecule has 3 aromatic heterocycles. The Morgan fingerprint density at radius 3 is 2.62 bits per heavy atom. The Hall–Kier alpha value is -3.14. The van der Waals surface area contributed by atoms with Crippen molar-refractivity contribution < 1.29 is 0 Å². The van der Waals surface area contributed by atoms with E-state index in [0.29, 0.717) is 5.92 Å². The fourth-order valence-electron chi connectivity index (χ4n) is 4.74. The standard InChI is InChI=1S/C25H26N4/c1-16-17(2)29(15-20-10-6-7-13-27-20)25-23(16)24(26)21-14-19(11-12-22(21)28-25)18-8-4-3-5-9-18/h3-10,13,19H,11-12,14-15H2,1-2H3,(H2,26,28). The molecule has 146 valence electrons. The Morgan fingerprint density at radius 2 is 1.86 bits per heavy atom. The first-order valence-electron chi connectivity index (χ1n) is 10.3. The molecular formula is C25H26N4. The van der Waals surface area contributed by atoms with Gasteiger partial charge in [-0.15, -0.1) is 0 Å². The van der Waals surface area contributed by atoms with Crippen molar-refractivity contribution in [1.29, 1.82) is 0 Å². The molecule has 1 aliphatic carbocycles. The third kappa shape index (κ3) is 3.00. The van der Waals surface area contributed by atoms with Gasteiger partial charge in [-0.05, 0) is 67.9 Å². The number of rotatable bonds is 3. The number of nitrogen functional groups attached to an aromatic ring is 1. The van der Waals surface area contributed by atoms with Crippen molar-refractivity contribution in [3.8, 4) is 0 Å². The maximum absolute atomic E-state index is 6.79. The average Bonchev–Trinajstić information content (AvgIpc) is 3.00. The Bertz CT molecular complexity index is 1180. The number of fused-ring (bicyclic) bond motifs is 2. The van der Waals surface area contributed by atoms with Gasteiger partial charge >= 0.3 is 0 Å². The first-order chi connectivity index (χ1) is 14.1. The Kier molecular flexibility index (Phi) is 4.35. The summed E-state index contributed by atoms with van der Waals surface area (Å²) in [4.78, 5) is 9.64. The predicted octanol–water partition coefficient (Wildman–Crippen LogP) is 4.95. The lowest BCUT2D eigenvalue weighted by atomic mass is 9.81. The van der Waals surface area contributed by atoms with Crippen molar-refractivity contribution in [2.24, 2.45) is 0 Å². The molecule has 1 aliphatic rings. The van der Waals surface area contributed by atoms with Crippen LogP contribution in [-0.4, -0.2) is 14.5 Å². The average molecular weight is 383 g/mol. The molecule has 0 aliphatic heterocycles. The van der Waals surface area contributed by atoms with Crippen LogP contribution in [0.25, 0.3) is 11.0 Å². The van der Waals surface area contributed by atoms with Crippen LogP contribution in [0, 0.1) is 13.8 Å². The molecule has 0 amide bonds. The zero-order valence-electron chi connectivity index (χ0n) is 17.0. The van der Waals surface area contributed by atoms with Crippen LogP contribution in [0.15, 0.2) is 54.7 Å². The van der Waals surface area contributed by atoms with Crippen LogP contribution in [0.5, 0.6) is 0 Å². The molecule has 2 N–H and O–H groups in total. The number of pyridine rings is 2. The summed E-state index contributed by atoms with van der Waals surface area (Å²) < 4.78 is 2.27. The highest BCUT2D eigenvalue weighted by molar-refractivity contribution is 5.95. The molecule has 4 heteroatoms. The molecule has 5 rings (SSSR count). The third-order valence-electron chi connectivity index (χ3n) is 6.48. The summed E-state index contributed by atoms with van der Waals surface area (Å²) in [6.45, 7) is 5.04. The quantitative estimate of drug-likeness (QED) is 0.545.